The third-order valence-corrected chi connectivity index (χ3v) is 4.17. The summed E-state index contributed by atoms with van der Waals surface area (Å²) in [6, 6.07) is 5.78. The second kappa shape index (κ2) is 6.20. The third kappa shape index (κ3) is 3.84. The lowest BCUT2D eigenvalue weighted by Crippen LogP contribution is -2.06. The highest BCUT2D eigenvalue weighted by atomic mass is 31.2. The number of rotatable bonds is 6. The van der Waals surface area contributed by atoms with Crippen LogP contribution in [0.1, 0.15) is 25.0 Å². The lowest BCUT2D eigenvalue weighted by atomic mass is 10.1. The molecule has 1 rings (SSSR count). The van der Waals surface area contributed by atoms with Crippen LogP contribution in [0, 0.1) is 13.8 Å². The van der Waals surface area contributed by atoms with Crippen molar-refractivity contribution in [3.05, 3.63) is 29.3 Å². The van der Waals surface area contributed by atoms with Crippen molar-refractivity contribution < 1.29 is 13.6 Å². The molecule has 0 spiro atoms. The van der Waals surface area contributed by atoms with Crippen LogP contribution in [0.25, 0.3) is 0 Å². The van der Waals surface area contributed by atoms with Crippen LogP contribution < -0.4 is 5.09 Å². The fourth-order valence-electron chi connectivity index (χ4n) is 1.46. The molecule has 0 fully saturated rings. The summed E-state index contributed by atoms with van der Waals surface area (Å²) in [6.45, 7) is 8.24. The van der Waals surface area contributed by atoms with E-state index < -0.39 is 7.75 Å². The molecule has 0 saturated heterocycles. The standard InChI is InChI=1S/C12H20NO3P/c1-5-15-17(14,16-6-2)13-12-9-7-8-10(3)11(12)4/h7-9H,5-6H2,1-4H3,(H,13,14). The first-order valence-electron chi connectivity index (χ1n) is 5.76. The van der Waals surface area contributed by atoms with E-state index >= 15 is 0 Å². The van der Waals surface area contributed by atoms with Crippen molar-refractivity contribution in [2.75, 3.05) is 18.3 Å². The Hall–Kier alpha value is -0.830. The number of aryl methyl sites for hydroxylation is 1. The van der Waals surface area contributed by atoms with E-state index in [4.69, 9.17) is 9.05 Å². The number of hydrogen-bond donors (Lipinski definition) is 1. The molecule has 4 nitrogen and oxygen atoms in total. The zero-order valence-corrected chi connectivity index (χ0v) is 11.7. The van der Waals surface area contributed by atoms with E-state index in [1.54, 1.807) is 13.8 Å². The van der Waals surface area contributed by atoms with Gasteiger partial charge >= 0.3 is 7.75 Å². The first-order chi connectivity index (χ1) is 8.02. The molecule has 1 aromatic rings. The Bertz CT molecular complexity index is 410. The second-order valence-electron chi connectivity index (χ2n) is 3.69. The maximum Gasteiger partial charge on any atom is 0.432 e. The molecule has 0 unspecified atom stereocenters. The Morgan fingerprint density at radius 1 is 1.18 bits per heavy atom. The summed E-state index contributed by atoms with van der Waals surface area (Å²) in [6.07, 6.45) is 0. The van der Waals surface area contributed by atoms with E-state index in [2.05, 4.69) is 5.09 Å². The van der Waals surface area contributed by atoms with Crippen LogP contribution in [0.4, 0.5) is 5.69 Å². The minimum absolute atomic E-state index is 0.342. The van der Waals surface area contributed by atoms with Crippen molar-refractivity contribution in [2.45, 2.75) is 27.7 Å². The van der Waals surface area contributed by atoms with E-state index in [1.165, 1.54) is 0 Å². The summed E-state index contributed by atoms with van der Waals surface area (Å²) in [4.78, 5) is 0. The monoisotopic (exact) mass is 257 g/mol. The van der Waals surface area contributed by atoms with Crippen LogP contribution in [0.15, 0.2) is 18.2 Å². The van der Waals surface area contributed by atoms with Crippen molar-refractivity contribution in [3.8, 4) is 0 Å². The van der Waals surface area contributed by atoms with Gasteiger partial charge in [-0.05, 0) is 44.9 Å². The summed E-state index contributed by atoms with van der Waals surface area (Å²) in [5.41, 5.74) is 2.97. The average molecular weight is 257 g/mol. The Morgan fingerprint density at radius 2 is 1.76 bits per heavy atom. The highest BCUT2D eigenvalue weighted by Crippen LogP contribution is 2.48. The predicted molar refractivity (Wildman–Crippen MR) is 70.4 cm³/mol. The number of nitrogens with one attached hydrogen (secondary N) is 1. The van der Waals surface area contributed by atoms with E-state index in [0.717, 1.165) is 16.8 Å². The smallest absolute Gasteiger partial charge is 0.293 e. The van der Waals surface area contributed by atoms with E-state index in [-0.39, 0.29) is 0 Å². The predicted octanol–water partition coefficient (Wildman–Crippen LogP) is 3.90. The van der Waals surface area contributed by atoms with Gasteiger partial charge in [-0.25, -0.2) is 4.57 Å². The van der Waals surface area contributed by atoms with E-state index in [1.807, 2.05) is 32.0 Å². The average Bonchev–Trinajstić information content (AvgIpc) is 2.25. The topological polar surface area (TPSA) is 47.6 Å². The molecule has 1 aromatic carbocycles. The Kier molecular flexibility index (Phi) is 5.19. The van der Waals surface area contributed by atoms with Gasteiger partial charge in [0.15, 0.2) is 0 Å². The number of anilines is 1. The van der Waals surface area contributed by atoms with Crippen molar-refractivity contribution in [3.63, 3.8) is 0 Å². The zero-order chi connectivity index (χ0) is 12.9. The van der Waals surface area contributed by atoms with Crippen LogP contribution in [-0.2, 0) is 13.6 Å². The maximum absolute atomic E-state index is 12.3. The highest BCUT2D eigenvalue weighted by molar-refractivity contribution is 7.55. The lowest BCUT2D eigenvalue weighted by Gasteiger charge is -2.20. The molecule has 17 heavy (non-hydrogen) atoms. The van der Waals surface area contributed by atoms with Gasteiger partial charge in [0.1, 0.15) is 0 Å². The molecule has 0 radical (unpaired) electrons. The van der Waals surface area contributed by atoms with Gasteiger partial charge in [0.05, 0.1) is 13.2 Å². The van der Waals surface area contributed by atoms with Crippen LogP contribution in [0.5, 0.6) is 0 Å². The van der Waals surface area contributed by atoms with Crippen LogP contribution in [-0.4, -0.2) is 13.2 Å². The maximum atomic E-state index is 12.3. The minimum Gasteiger partial charge on any atom is -0.293 e. The largest absolute Gasteiger partial charge is 0.432 e. The summed E-state index contributed by atoms with van der Waals surface area (Å²) < 4.78 is 22.7. The molecular weight excluding hydrogens is 237 g/mol. The van der Waals surface area contributed by atoms with Gasteiger partial charge in [-0.15, -0.1) is 0 Å². The fourth-order valence-corrected chi connectivity index (χ4v) is 2.88. The first kappa shape index (κ1) is 14.2. The SMILES string of the molecule is CCOP(=O)(Nc1cccc(C)c1C)OCC. The van der Waals surface area contributed by atoms with Gasteiger partial charge < -0.3 is 0 Å². The third-order valence-electron chi connectivity index (χ3n) is 2.46. The van der Waals surface area contributed by atoms with Gasteiger partial charge in [-0.2, -0.15) is 0 Å². The molecule has 0 amide bonds. The number of benzene rings is 1. The van der Waals surface area contributed by atoms with Gasteiger partial charge in [0.2, 0.25) is 0 Å². The molecule has 0 bridgehead atoms. The molecule has 96 valence electrons. The van der Waals surface area contributed by atoms with E-state index in [0.29, 0.717) is 13.2 Å². The van der Waals surface area contributed by atoms with E-state index in [9.17, 15) is 4.57 Å². The molecule has 0 aliphatic heterocycles. The zero-order valence-electron chi connectivity index (χ0n) is 10.8. The van der Waals surface area contributed by atoms with Crippen molar-refractivity contribution >= 4 is 13.4 Å². The molecule has 0 aromatic heterocycles. The quantitative estimate of drug-likeness (QED) is 0.785. The van der Waals surface area contributed by atoms with Crippen LogP contribution >= 0.6 is 7.75 Å². The molecule has 5 heteroatoms. The Balaban J connectivity index is 2.93. The Labute approximate surface area is 103 Å². The summed E-state index contributed by atoms with van der Waals surface area (Å²) in [5, 5.41) is 2.88. The molecule has 0 saturated carbocycles. The van der Waals surface area contributed by atoms with Crippen molar-refractivity contribution in [1.29, 1.82) is 0 Å². The van der Waals surface area contributed by atoms with Crippen LogP contribution in [0.2, 0.25) is 0 Å². The first-order valence-corrected chi connectivity index (χ1v) is 7.30. The van der Waals surface area contributed by atoms with Gasteiger partial charge in [-0.1, -0.05) is 12.1 Å². The highest BCUT2D eigenvalue weighted by Gasteiger charge is 2.24. The van der Waals surface area contributed by atoms with Crippen LogP contribution in [0.3, 0.4) is 0 Å². The van der Waals surface area contributed by atoms with Gasteiger partial charge in [-0.3, -0.25) is 14.1 Å². The van der Waals surface area contributed by atoms with Crippen molar-refractivity contribution in [2.24, 2.45) is 0 Å². The molecule has 0 atom stereocenters. The van der Waals surface area contributed by atoms with Gasteiger partial charge in [0, 0.05) is 5.69 Å². The lowest BCUT2D eigenvalue weighted by molar-refractivity contribution is 0.225. The summed E-state index contributed by atoms with van der Waals surface area (Å²) in [7, 11) is -3.24. The van der Waals surface area contributed by atoms with Gasteiger partial charge in [0.25, 0.3) is 0 Å². The minimum atomic E-state index is -3.24. The summed E-state index contributed by atoms with van der Waals surface area (Å²) >= 11 is 0. The molecular formula is C12H20NO3P. The number of hydrogen-bond acceptors (Lipinski definition) is 3. The molecule has 1 N–H and O–H groups in total. The Morgan fingerprint density at radius 3 is 2.29 bits per heavy atom. The molecule has 0 heterocycles. The summed E-state index contributed by atoms with van der Waals surface area (Å²) in [5.74, 6) is 0. The van der Waals surface area contributed by atoms with Crippen molar-refractivity contribution in [1.82, 2.24) is 0 Å². The molecule has 0 aliphatic carbocycles. The fraction of sp³-hybridized carbons (Fsp3) is 0.500. The normalized spacial score (nSPS) is 11.5. The second-order valence-corrected chi connectivity index (χ2v) is 5.43. The molecule has 0 aliphatic rings.